The third-order valence-electron chi connectivity index (χ3n) is 4.81. The van der Waals surface area contributed by atoms with E-state index in [0.29, 0.717) is 6.54 Å². The Hall–Kier alpha value is -2.49. The van der Waals surface area contributed by atoms with Crippen molar-refractivity contribution < 1.29 is 8.78 Å². The Morgan fingerprint density at radius 3 is 2.50 bits per heavy atom. The van der Waals surface area contributed by atoms with E-state index in [1.54, 1.807) is 31.2 Å². The number of rotatable bonds is 13. The molecule has 0 spiro atoms. The summed E-state index contributed by atoms with van der Waals surface area (Å²) in [6.45, 7) is 9.81. The molecule has 1 aliphatic heterocycles. The second-order valence-electron chi connectivity index (χ2n) is 7.26. The molecule has 0 saturated heterocycles. The first kappa shape index (κ1) is 25.5. The lowest BCUT2D eigenvalue weighted by Crippen LogP contribution is -2.18. The second-order valence-corrected chi connectivity index (χ2v) is 7.26. The van der Waals surface area contributed by atoms with Gasteiger partial charge in [-0.05, 0) is 81.9 Å². The quantitative estimate of drug-likeness (QED) is 0.219. The normalized spacial score (nSPS) is 16.4. The summed E-state index contributed by atoms with van der Waals surface area (Å²) < 4.78 is 26.8. The minimum absolute atomic E-state index is 0.192. The zero-order valence-corrected chi connectivity index (χ0v) is 18.7. The zero-order valence-electron chi connectivity index (χ0n) is 18.7. The third kappa shape index (κ3) is 10.9. The van der Waals surface area contributed by atoms with Gasteiger partial charge >= 0.3 is 0 Å². The van der Waals surface area contributed by atoms with Crippen LogP contribution >= 0.6 is 0 Å². The number of allylic oxidation sites excluding steroid dienone is 11. The number of unbranched alkanes of at least 4 members (excludes halogenated alkanes) is 3. The first-order valence-electron chi connectivity index (χ1n) is 10.8. The van der Waals surface area contributed by atoms with E-state index in [4.69, 9.17) is 0 Å². The van der Waals surface area contributed by atoms with Crippen molar-refractivity contribution in [1.29, 1.82) is 0 Å². The molecule has 0 unspecified atom stereocenters. The van der Waals surface area contributed by atoms with Gasteiger partial charge in [-0.1, -0.05) is 43.7 Å². The fourth-order valence-corrected chi connectivity index (χ4v) is 3.17. The van der Waals surface area contributed by atoms with Gasteiger partial charge < -0.3 is 0 Å². The van der Waals surface area contributed by atoms with Crippen LogP contribution in [0.5, 0.6) is 0 Å². The van der Waals surface area contributed by atoms with Gasteiger partial charge in [-0.15, -0.1) is 0 Å². The second kappa shape index (κ2) is 15.4. The van der Waals surface area contributed by atoms with Crippen molar-refractivity contribution in [3.63, 3.8) is 0 Å². The van der Waals surface area contributed by atoms with Crippen LogP contribution in [-0.2, 0) is 0 Å². The molecule has 0 aromatic rings. The molecule has 0 saturated carbocycles. The van der Waals surface area contributed by atoms with Crippen molar-refractivity contribution in [2.45, 2.75) is 65.7 Å². The zero-order chi connectivity index (χ0) is 22.2. The predicted octanol–water partition coefficient (Wildman–Crippen LogP) is 8.26. The van der Waals surface area contributed by atoms with Crippen LogP contribution in [0.3, 0.4) is 0 Å². The number of nitrogens with zero attached hydrogens (tertiary/aromatic N) is 2. The molecule has 4 heteroatoms. The highest BCUT2D eigenvalue weighted by Crippen LogP contribution is 2.21. The first-order valence-corrected chi connectivity index (χ1v) is 10.8. The van der Waals surface area contributed by atoms with E-state index >= 15 is 0 Å². The fourth-order valence-electron chi connectivity index (χ4n) is 3.17. The van der Waals surface area contributed by atoms with Gasteiger partial charge in [0.2, 0.25) is 0 Å². The van der Waals surface area contributed by atoms with Gasteiger partial charge in [-0.25, -0.2) is 8.78 Å². The smallest absolute Gasteiger partial charge is 0.123 e. The molecule has 164 valence electrons. The minimum atomic E-state index is -0.245. The van der Waals surface area contributed by atoms with E-state index in [9.17, 15) is 8.78 Å². The SMILES string of the molecule is C=CC1=NN(C/C=C\C(F)=C/C)C=C(CCCCCCC(=C/C)/C=C(F)\C=C/C)C1. The molecule has 2 nitrogen and oxygen atoms in total. The summed E-state index contributed by atoms with van der Waals surface area (Å²) in [6.07, 6.45) is 22.5. The predicted molar refractivity (Wildman–Crippen MR) is 127 cm³/mol. The number of hydrazone groups is 1. The van der Waals surface area contributed by atoms with Gasteiger partial charge in [0.15, 0.2) is 0 Å². The average molecular weight is 415 g/mol. The molecule has 1 heterocycles. The number of halogens is 2. The van der Waals surface area contributed by atoms with Crippen molar-refractivity contribution >= 4 is 5.71 Å². The van der Waals surface area contributed by atoms with E-state index in [2.05, 4.69) is 17.9 Å². The Labute approximate surface area is 181 Å². The van der Waals surface area contributed by atoms with Gasteiger partial charge in [0, 0.05) is 12.6 Å². The first-order chi connectivity index (χ1) is 14.5. The van der Waals surface area contributed by atoms with Crippen LogP contribution in [-0.4, -0.2) is 17.3 Å². The molecule has 0 radical (unpaired) electrons. The molecule has 1 rings (SSSR count). The molecular formula is C26H36F2N2. The largest absolute Gasteiger partial charge is 0.269 e. The van der Waals surface area contributed by atoms with Crippen LogP contribution in [0.15, 0.2) is 89.3 Å². The third-order valence-corrected chi connectivity index (χ3v) is 4.81. The maximum Gasteiger partial charge on any atom is 0.123 e. The monoisotopic (exact) mass is 414 g/mol. The molecule has 0 atom stereocenters. The fraction of sp³-hybridized carbons (Fsp3) is 0.423. The van der Waals surface area contributed by atoms with Crippen LogP contribution < -0.4 is 0 Å². The molecule has 1 aliphatic rings. The maximum atomic E-state index is 13.6. The summed E-state index contributed by atoms with van der Waals surface area (Å²) in [6, 6.07) is 0. The Morgan fingerprint density at radius 2 is 1.83 bits per heavy atom. The molecule has 0 aromatic heterocycles. The standard InChI is InChI=1S/C26H36F2N2/c1-5-14-25(28)19-22(6-2)15-11-9-10-12-16-23-20-26(8-4)29-30(21-23)18-13-17-24(27)7-3/h5-8,13-14,17,19,21H,4,9-12,15-16,18,20H2,1-3H3/b14-5-,17-13-,22-6-,24-7+,25-19+. The van der Waals surface area contributed by atoms with Gasteiger partial charge in [0.05, 0.1) is 12.3 Å². The molecule has 0 aromatic carbocycles. The van der Waals surface area contributed by atoms with E-state index in [1.807, 2.05) is 24.9 Å². The molecule has 0 bridgehead atoms. The minimum Gasteiger partial charge on any atom is -0.269 e. The molecule has 30 heavy (non-hydrogen) atoms. The highest BCUT2D eigenvalue weighted by molar-refractivity contribution is 5.96. The Balaban J connectivity index is 2.41. The summed E-state index contributed by atoms with van der Waals surface area (Å²) in [5, 5.41) is 6.36. The Kier molecular flexibility index (Phi) is 13.1. The van der Waals surface area contributed by atoms with Crippen molar-refractivity contribution in [2.24, 2.45) is 5.10 Å². The van der Waals surface area contributed by atoms with Gasteiger partial charge in [-0.3, -0.25) is 5.01 Å². The van der Waals surface area contributed by atoms with Crippen molar-refractivity contribution in [3.8, 4) is 0 Å². The van der Waals surface area contributed by atoms with Crippen LogP contribution in [0.1, 0.15) is 65.7 Å². The summed E-state index contributed by atoms with van der Waals surface area (Å²) >= 11 is 0. The van der Waals surface area contributed by atoms with E-state index in [0.717, 1.165) is 56.2 Å². The average Bonchev–Trinajstić information content (AvgIpc) is 2.75. The lowest BCUT2D eigenvalue weighted by atomic mass is 10.00. The van der Waals surface area contributed by atoms with Crippen molar-refractivity contribution in [2.75, 3.05) is 6.54 Å². The Bertz CT molecular complexity index is 749. The molecule has 0 aliphatic carbocycles. The molecule has 0 N–H and O–H groups in total. The van der Waals surface area contributed by atoms with E-state index in [-0.39, 0.29) is 11.7 Å². The van der Waals surface area contributed by atoms with Gasteiger partial charge in [0.1, 0.15) is 11.7 Å². The van der Waals surface area contributed by atoms with E-state index in [1.165, 1.54) is 23.8 Å². The van der Waals surface area contributed by atoms with Crippen LogP contribution in [0.2, 0.25) is 0 Å². The lowest BCUT2D eigenvalue weighted by molar-refractivity contribution is 0.428. The van der Waals surface area contributed by atoms with Crippen LogP contribution in [0.4, 0.5) is 8.78 Å². The van der Waals surface area contributed by atoms with Gasteiger partial charge in [0.25, 0.3) is 0 Å². The highest BCUT2D eigenvalue weighted by Gasteiger charge is 2.11. The van der Waals surface area contributed by atoms with E-state index < -0.39 is 0 Å². The number of hydrogen-bond donors (Lipinski definition) is 0. The Morgan fingerprint density at radius 1 is 1.07 bits per heavy atom. The van der Waals surface area contributed by atoms with Crippen LogP contribution in [0.25, 0.3) is 0 Å². The van der Waals surface area contributed by atoms with Gasteiger partial charge in [-0.2, -0.15) is 5.10 Å². The summed E-state index contributed by atoms with van der Waals surface area (Å²) in [5.74, 6) is -0.437. The van der Waals surface area contributed by atoms with Crippen molar-refractivity contribution in [1.82, 2.24) is 5.01 Å². The van der Waals surface area contributed by atoms with Crippen LogP contribution in [0, 0.1) is 0 Å². The maximum absolute atomic E-state index is 13.6. The number of hydrogen-bond acceptors (Lipinski definition) is 2. The molecule has 0 amide bonds. The molecule has 0 fully saturated rings. The molecular weight excluding hydrogens is 378 g/mol. The van der Waals surface area contributed by atoms with Crippen molar-refractivity contribution in [3.05, 3.63) is 84.2 Å². The topological polar surface area (TPSA) is 15.6 Å². The summed E-state index contributed by atoms with van der Waals surface area (Å²) in [7, 11) is 0. The lowest BCUT2D eigenvalue weighted by Gasteiger charge is -2.22. The summed E-state index contributed by atoms with van der Waals surface area (Å²) in [4.78, 5) is 0. The summed E-state index contributed by atoms with van der Waals surface area (Å²) in [5.41, 5.74) is 3.32. The highest BCUT2D eigenvalue weighted by atomic mass is 19.1.